The summed E-state index contributed by atoms with van der Waals surface area (Å²) in [4.78, 5) is 18.0. The van der Waals surface area contributed by atoms with Crippen LogP contribution in [0.2, 0.25) is 0 Å². The van der Waals surface area contributed by atoms with E-state index in [4.69, 9.17) is 0 Å². The molecule has 1 amide bonds. The number of rotatable bonds is 7. The van der Waals surface area contributed by atoms with Crippen LogP contribution in [-0.2, 0) is 6.54 Å². The van der Waals surface area contributed by atoms with Gasteiger partial charge in [0.05, 0.1) is 12.2 Å². The SMILES string of the molecule is CCCCN(C)C(=O)c1ccc(NCc2ccccn2)nn1. The van der Waals surface area contributed by atoms with Gasteiger partial charge in [0, 0.05) is 19.8 Å². The lowest BCUT2D eigenvalue weighted by Gasteiger charge is -2.15. The van der Waals surface area contributed by atoms with Gasteiger partial charge in [-0.1, -0.05) is 19.4 Å². The molecule has 0 aliphatic heterocycles. The van der Waals surface area contributed by atoms with Gasteiger partial charge in [0.15, 0.2) is 5.69 Å². The third-order valence-electron chi connectivity index (χ3n) is 3.25. The van der Waals surface area contributed by atoms with Crippen molar-refractivity contribution in [3.63, 3.8) is 0 Å². The fourth-order valence-electron chi connectivity index (χ4n) is 1.92. The van der Waals surface area contributed by atoms with Crippen molar-refractivity contribution in [3.05, 3.63) is 47.9 Å². The van der Waals surface area contributed by atoms with Crippen molar-refractivity contribution in [1.29, 1.82) is 0 Å². The van der Waals surface area contributed by atoms with E-state index in [-0.39, 0.29) is 5.91 Å². The second kappa shape index (κ2) is 8.07. The largest absolute Gasteiger partial charge is 0.363 e. The van der Waals surface area contributed by atoms with Gasteiger partial charge in [-0.05, 0) is 30.7 Å². The number of unbranched alkanes of at least 4 members (excludes halogenated alkanes) is 1. The number of hydrogen-bond donors (Lipinski definition) is 1. The van der Waals surface area contributed by atoms with E-state index in [1.165, 1.54) is 0 Å². The first-order valence-corrected chi connectivity index (χ1v) is 7.43. The van der Waals surface area contributed by atoms with E-state index >= 15 is 0 Å². The number of aromatic nitrogens is 3. The first-order chi connectivity index (χ1) is 10.7. The topological polar surface area (TPSA) is 71.0 Å². The highest BCUT2D eigenvalue weighted by molar-refractivity contribution is 5.92. The Morgan fingerprint density at radius 2 is 2.09 bits per heavy atom. The predicted molar refractivity (Wildman–Crippen MR) is 85.5 cm³/mol. The number of pyridine rings is 1. The summed E-state index contributed by atoms with van der Waals surface area (Å²) in [6.07, 6.45) is 3.79. The normalized spacial score (nSPS) is 10.3. The van der Waals surface area contributed by atoms with Crippen molar-refractivity contribution in [1.82, 2.24) is 20.1 Å². The van der Waals surface area contributed by atoms with Crippen molar-refractivity contribution in [2.24, 2.45) is 0 Å². The molecular formula is C16H21N5O. The van der Waals surface area contributed by atoms with Crippen molar-refractivity contribution in [2.45, 2.75) is 26.3 Å². The van der Waals surface area contributed by atoms with Crippen molar-refractivity contribution < 1.29 is 4.79 Å². The summed E-state index contributed by atoms with van der Waals surface area (Å²) in [6.45, 7) is 3.40. The second-order valence-electron chi connectivity index (χ2n) is 5.06. The van der Waals surface area contributed by atoms with E-state index in [9.17, 15) is 4.79 Å². The summed E-state index contributed by atoms with van der Waals surface area (Å²) in [7, 11) is 1.78. The van der Waals surface area contributed by atoms with Crippen LogP contribution < -0.4 is 5.32 Å². The maximum absolute atomic E-state index is 12.1. The molecule has 0 aromatic carbocycles. The van der Waals surface area contributed by atoms with Crippen LogP contribution in [0.3, 0.4) is 0 Å². The highest BCUT2D eigenvalue weighted by Crippen LogP contribution is 2.06. The zero-order valence-corrected chi connectivity index (χ0v) is 13.0. The molecule has 0 aliphatic rings. The summed E-state index contributed by atoms with van der Waals surface area (Å²) < 4.78 is 0. The quantitative estimate of drug-likeness (QED) is 0.849. The average molecular weight is 299 g/mol. The molecular weight excluding hydrogens is 278 g/mol. The number of carbonyl (C=O) groups excluding carboxylic acids is 1. The van der Waals surface area contributed by atoms with Gasteiger partial charge in [-0.2, -0.15) is 0 Å². The van der Waals surface area contributed by atoms with Crippen LogP contribution in [0.1, 0.15) is 35.9 Å². The molecule has 0 bridgehead atoms. The summed E-state index contributed by atoms with van der Waals surface area (Å²) in [5, 5.41) is 11.2. The van der Waals surface area contributed by atoms with Gasteiger partial charge >= 0.3 is 0 Å². The molecule has 6 nitrogen and oxygen atoms in total. The number of anilines is 1. The Labute approximate surface area is 130 Å². The van der Waals surface area contributed by atoms with Crippen LogP contribution in [0.15, 0.2) is 36.5 Å². The summed E-state index contributed by atoms with van der Waals surface area (Å²) >= 11 is 0. The molecule has 2 aromatic heterocycles. The van der Waals surface area contributed by atoms with Gasteiger partial charge in [0.2, 0.25) is 0 Å². The molecule has 1 N–H and O–H groups in total. The monoisotopic (exact) mass is 299 g/mol. The molecule has 6 heteroatoms. The van der Waals surface area contributed by atoms with Crippen LogP contribution >= 0.6 is 0 Å². The van der Waals surface area contributed by atoms with E-state index in [2.05, 4.69) is 27.4 Å². The summed E-state index contributed by atoms with van der Waals surface area (Å²) in [6, 6.07) is 9.19. The number of nitrogens with one attached hydrogen (secondary N) is 1. The highest BCUT2D eigenvalue weighted by Gasteiger charge is 2.13. The fourth-order valence-corrected chi connectivity index (χ4v) is 1.92. The molecule has 0 atom stereocenters. The van der Waals surface area contributed by atoms with Crippen LogP contribution in [0.4, 0.5) is 5.82 Å². The lowest BCUT2D eigenvalue weighted by atomic mass is 10.3. The second-order valence-corrected chi connectivity index (χ2v) is 5.06. The van der Waals surface area contributed by atoms with Gasteiger partial charge in [-0.3, -0.25) is 9.78 Å². The van der Waals surface area contributed by atoms with Gasteiger partial charge in [0.25, 0.3) is 5.91 Å². The molecule has 2 rings (SSSR count). The highest BCUT2D eigenvalue weighted by atomic mass is 16.2. The minimum atomic E-state index is -0.0998. The van der Waals surface area contributed by atoms with E-state index in [1.807, 2.05) is 18.2 Å². The van der Waals surface area contributed by atoms with Gasteiger partial charge in [-0.15, -0.1) is 10.2 Å². The fraction of sp³-hybridized carbons (Fsp3) is 0.375. The molecule has 0 spiro atoms. The lowest BCUT2D eigenvalue weighted by Crippen LogP contribution is -2.28. The van der Waals surface area contributed by atoms with Gasteiger partial charge in [-0.25, -0.2) is 0 Å². The predicted octanol–water partition coefficient (Wildman–Crippen LogP) is 2.36. The van der Waals surface area contributed by atoms with E-state index < -0.39 is 0 Å². The number of hydrogen-bond acceptors (Lipinski definition) is 5. The van der Waals surface area contributed by atoms with Crippen LogP contribution in [0.5, 0.6) is 0 Å². The maximum atomic E-state index is 12.1. The van der Waals surface area contributed by atoms with Crippen molar-refractivity contribution in [2.75, 3.05) is 18.9 Å². The molecule has 0 saturated heterocycles. The van der Waals surface area contributed by atoms with Crippen molar-refractivity contribution >= 4 is 11.7 Å². The Balaban J connectivity index is 1.91. The van der Waals surface area contributed by atoms with E-state index in [0.717, 1.165) is 25.1 Å². The molecule has 0 radical (unpaired) electrons. The molecule has 0 saturated carbocycles. The van der Waals surface area contributed by atoms with E-state index in [1.54, 1.807) is 30.3 Å². The Morgan fingerprint density at radius 3 is 2.73 bits per heavy atom. The smallest absolute Gasteiger partial charge is 0.274 e. The maximum Gasteiger partial charge on any atom is 0.274 e. The zero-order chi connectivity index (χ0) is 15.8. The van der Waals surface area contributed by atoms with Crippen LogP contribution in [0, 0.1) is 0 Å². The Bertz CT molecular complexity index is 585. The lowest BCUT2D eigenvalue weighted by molar-refractivity contribution is 0.0786. The number of carbonyl (C=O) groups is 1. The molecule has 0 unspecified atom stereocenters. The minimum absolute atomic E-state index is 0.0998. The minimum Gasteiger partial charge on any atom is -0.363 e. The molecule has 0 fully saturated rings. The number of amides is 1. The van der Waals surface area contributed by atoms with E-state index in [0.29, 0.717) is 18.1 Å². The molecule has 2 aromatic rings. The van der Waals surface area contributed by atoms with Crippen LogP contribution in [0.25, 0.3) is 0 Å². The van der Waals surface area contributed by atoms with Crippen LogP contribution in [-0.4, -0.2) is 39.6 Å². The number of nitrogens with zero attached hydrogens (tertiary/aromatic N) is 4. The first-order valence-electron chi connectivity index (χ1n) is 7.43. The Kier molecular flexibility index (Phi) is 5.82. The average Bonchev–Trinajstić information content (AvgIpc) is 2.58. The molecule has 0 aliphatic carbocycles. The third kappa shape index (κ3) is 4.51. The molecule has 22 heavy (non-hydrogen) atoms. The molecule has 116 valence electrons. The summed E-state index contributed by atoms with van der Waals surface area (Å²) in [5.41, 5.74) is 1.28. The Morgan fingerprint density at radius 1 is 1.23 bits per heavy atom. The standard InChI is InChI=1S/C16H21N5O/c1-3-4-11-21(2)16(22)14-8-9-15(20-19-14)18-12-13-7-5-6-10-17-13/h5-10H,3-4,11-12H2,1-2H3,(H,18,20). The van der Waals surface area contributed by atoms with Gasteiger partial charge < -0.3 is 10.2 Å². The summed E-state index contributed by atoms with van der Waals surface area (Å²) in [5.74, 6) is 0.524. The van der Waals surface area contributed by atoms with Gasteiger partial charge in [0.1, 0.15) is 5.82 Å². The third-order valence-corrected chi connectivity index (χ3v) is 3.25. The Hall–Kier alpha value is -2.50. The van der Waals surface area contributed by atoms with Crippen molar-refractivity contribution in [3.8, 4) is 0 Å². The zero-order valence-electron chi connectivity index (χ0n) is 13.0. The molecule has 2 heterocycles. The first kappa shape index (κ1) is 15.9.